The molecular weight excluding hydrogens is 487 g/mol. The van der Waals surface area contributed by atoms with Gasteiger partial charge in [-0.25, -0.2) is 13.8 Å². The first-order valence-corrected chi connectivity index (χ1v) is 11.2. The molecule has 0 unspecified atom stereocenters. The van der Waals surface area contributed by atoms with Crippen LogP contribution in [0.5, 0.6) is 5.88 Å². The van der Waals surface area contributed by atoms with Gasteiger partial charge in [0.2, 0.25) is 5.88 Å². The van der Waals surface area contributed by atoms with Gasteiger partial charge < -0.3 is 5.11 Å². The Morgan fingerprint density at radius 3 is 2.45 bits per heavy atom. The molecule has 33 heavy (non-hydrogen) atoms. The molecule has 4 aromatic rings. The summed E-state index contributed by atoms with van der Waals surface area (Å²) in [5.41, 5.74) is 3.39. The molecule has 2 heterocycles. The lowest BCUT2D eigenvalue weighted by Gasteiger charge is -2.06. The fraction of sp³-hybridized carbons (Fsp3) is 0. The quantitative estimate of drug-likeness (QED) is 0.315. The zero-order chi connectivity index (χ0) is 23.1. The molecule has 0 aliphatic carbocycles. The van der Waals surface area contributed by atoms with Crippen LogP contribution in [0.2, 0.25) is 10.0 Å². The smallest absolute Gasteiger partial charge is 0.215 e. The number of hydrogen-bond acceptors (Lipinski definition) is 4. The van der Waals surface area contributed by atoms with Gasteiger partial charge in [0.05, 0.1) is 32.0 Å². The number of benzene rings is 3. The molecule has 1 aliphatic heterocycles. The average molecular weight is 500 g/mol. The molecule has 0 bridgehead atoms. The lowest BCUT2D eigenvalue weighted by Crippen LogP contribution is -2.12. The highest BCUT2D eigenvalue weighted by atomic mass is 35.5. The largest absolute Gasteiger partial charge is 0.493 e. The van der Waals surface area contributed by atoms with E-state index >= 15 is 0 Å². The van der Waals surface area contributed by atoms with Crippen molar-refractivity contribution in [2.24, 2.45) is 9.98 Å². The standard InChI is InChI=1S/C24H13Cl2F2N3OS/c25-17-10-14(5-7-19(17)27)30-24-31(15-6-8-20(28)18(26)11-15)23(32)22(33-24)9-13-12-29-21-4-2-1-3-16(13)21/h1-12,32H/b13-9+,30-24?. The van der Waals surface area contributed by atoms with Gasteiger partial charge in [-0.05, 0) is 48.5 Å². The number of thiazole rings is 1. The van der Waals surface area contributed by atoms with Gasteiger partial charge in [-0.2, -0.15) is 0 Å². The summed E-state index contributed by atoms with van der Waals surface area (Å²) in [6.45, 7) is 0. The van der Waals surface area contributed by atoms with Crippen LogP contribution in [0, 0.1) is 11.6 Å². The number of aromatic hydroxyl groups is 1. The Morgan fingerprint density at radius 2 is 1.70 bits per heavy atom. The molecule has 1 N–H and O–H groups in total. The van der Waals surface area contributed by atoms with E-state index in [-0.39, 0.29) is 15.9 Å². The number of para-hydroxylation sites is 1. The Balaban J connectivity index is 1.72. The minimum atomic E-state index is -0.583. The van der Waals surface area contributed by atoms with E-state index in [1.807, 2.05) is 24.3 Å². The minimum Gasteiger partial charge on any atom is -0.493 e. The second kappa shape index (κ2) is 8.59. The van der Waals surface area contributed by atoms with E-state index < -0.39 is 11.6 Å². The van der Waals surface area contributed by atoms with Crippen molar-refractivity contribution < 1.29 is 13.9 Å². The molecule has 3 aromatic carbocycles. The highest BCUT2D eigenvalue weighted by molar-refractivity contribution is 7.10. The number of halogens is 4. The van der Waals surface area contributed by atoms with Crippen molar-refractivity contribution in [2.75, 3.05) is 0 Å². The van der Waals surface area contributed by atoms with Crippen molar-refractivity contribution in [3.05, 3.63) is 97.6 Å². The summed E-state index contributed by atoms with van der Waals surface area (Å²) in [5.74, 6) is -1.26. The summed E-state index contributed by atoms with van der Waals surface area (Å²) in [6.07, 6.45) is 3.52. The predicted octanol–water partition coefficient (Wildman–Crippen LogP) is 7.32. The van der Waals surface area contributed by atoms with Gasteiger partial charge in [0.1, 0.15) is 11.6 Å². The molecular formula is C24H13Cl2F2N3OS. The van der Waals surface area contributed by atoms with Crippen molar-refractivity contribution in [1.29, 1.82) is 0 Å². The van der Waals surface area contributed by atoms with Crippen LogP contribution in [-0.4, -0.2) is 15.9 Å². The SMILES string of the molecule is Oc1c(/C=C2\C=Nc3ccccc32)sc(=Nc2ccc(F)c(Cl)c2)n1-c1ccc(F)c(Cl)c1. The minimum absolute atomic E-state index is 0.0745. The van der Waals surface area contributed by atoms with Crippen molar-refractivity contribution >= 4 is 63.8 Å². The van der Waals surface area contributed by atoms with Crippen LogP contribution in [0.4, 0.5) is 20.2 Å². The summed E-state index contributed by atoms with van der Waals surface area (Å²) in [4.78, 5) is 9.79. The molecule has 0 spiro atoms. The molecule has 1 aromatic heterocycles. The Kier molecular flexibility index (Phi) is 5.62. The monoisotopic (exact) mass is 499 g/mol. The maximum atomic E-state index is 13.8. The maximum Gasteiger partial charge on any atom is 0.215 e. The predicted molar refractivity (Wildman–Crippen MR) is 129 cm³/mol. The van der Waals surface area contributed by atoms with Gasteiger partial charge in [0, 0.05) is 17.4 Å². The van der Waals surface area contributed by atoms with Gasteiger partial charge >= 0.3 is 0 Å². The van der Waals surface area contributed by atoms with E-state index in [0.717, 1.165) is 16.8 Å². The Bertz CT molecular complexity index is 1540. The maximum absolute atomic E-state index is 13.8. The number of fused-ring (bicyclic) bond motifs is 1. The van der Waals surface area contributed by atoms with Gasteiger partial charge in [0.15, 0.2) is 4.80 Å². The molecule has 9 heteroatoms. The van der Waals surface area contributed by atoms with Gasteiger partial charge in [-0.1, -0.05) is 52.7 Å². The van der Waals surface area contributed by atoms with Crippen LogP contribution >= 0.6 is 34.5 Å². The summed E-state index contributed by atoms with van der Waals surface area (Å²) < 4.78 is 28.8. The van der Waals surface area contributed by atoms with Crippen molar-refractivity contribution in [2.45, 2.75) is 0 Å². The second-order valence-electron chi connectivity index (χ2n) is 7.09. The molecule has 0 amide bonds. The lowest BCUT2D eigenvalue weighted by molar-refractivity contribution is 0.439. The van der Waals surface area contributed by atoms with Crippen molar-refractivity contribution in [3.8, 4) is 11.6 Å². The Morgan fingerprint density at radius 1 is 0.970 bits per heavy atom. The highest BCUT2D eigenvalue weighted by Crippen LogP contribution is 2.35. The van der Waals surface area contributed by atoms with E-state index in [9.17, 15) is 13.9 Å². The zero-order valence-electron chi connectivity index (χ0n) is 16.6. The molecule has 0 fully saturated rings. The van der Waals surface area contributed by atoms with Crippen LogP contribution in [0.25, 0.3) is 17.3 Å². The third kappa shape index (κ3) is 4.11. The summed E-state index contributed by atoms with van der Waals surface area (Å²) in [6, 6.07) is 15.8. The molecule has 4 nitrogen and oxygen atoms in total. The topological polar surface area (TPSA) is 49.9 Å². The number of hydrogen-bond donors (Lipinski definition) is 1. The molecule has 0 atom stereocenters. The number of allylic oxidation sites excluding steroid dienone is 1. The van der Waals surface area contributed by atoms with E-state index in [4.69, 9.17) is 23.2 Å². The average Bonchev–Trinajstić information content (AvgIpc) is 3.34. The van der Waals surface area contributed by atoms with E-state index in [1.54, 1.807) is 12.3 Å². The first kappa shape index (κ1) is 21.6. The summed E-state index contributed by atoms with van der Waals surface area (Å²) in [7, 11) is 0. The summed E-state index contributed by atoms with van der Waals surface area (Å²) in [5, 5.41) is 10.9. The number of rotatable bonds is 3. The van der Waals surface area contributed by atoms with Gasteiger partial charge in [-0.3, -0.25) is 9.56 Å². The Labute approximate surface area is 201 Å². The molecule has 164 valence electrons. The number of aliphatic imine (C=N–C) groups is 1. The molecule has 0 saturated heterocycles. The normalized spacial score (nSPS) is 14.3. The number of aromatic nitrogens is 1. The van der Waals surface area contributed by atoms with Crippen LogP contribution in [0.3, 0.4) is 0 Å². The van der Waals surface area contributed by atoms with Crippen LogP contribution in [0.1, 0.15) is 10.4 Å². The fourth-order valence-corrected chi connectivity index (χ4v) is 4.72. The summed E-state index contributed by atoms with van der Waals surface area (Å²) >= 11 is 13.1. The van der Waals surface area contributed by atoms with Crippen LogP contribution < -0.4 is 4.80 Å². The molecule has 0 saturated carbocycles. The van der Waals surface area contributed by atoms with Gasteiger partial charge in [-0.15, -0.1) is 0 Å². The van der Waals surface area contributed by atoms with E-state index in [1.165, 1.54) is 52.3 Å². The van der Waals surface area contributed by atoms with Crippen molar-refractivity contribution in [1.82, 2.24) is 4.57 Å². The fourth-order valence-electron chi connectivity index (χ4n) is 3.37. The van der Waals surface area contributed by atoms with Gasteiger partial charge in [0.25, 0.3) is 0 Å². The van der Waals surface area contributed by atoms with Crippen LogP contribution in [-0.2, 0) is 0 Å². The third-order valence-electron chi connectivity index (χ3n) is 4.96. The zero-order valence-corrected chi connectivity index (χ0v) is 19.0. The highest BCUT2D eigenvalue weighted by Gasteiger charge is 2.18. The first-order chi connectivity index (χ1) is 15.9. The molecule has 0 radical (unpaired) electrons. The molecule has 1 aliphatic rings. The van der Waals surface area contributed by atoms with Crippen molar-refractivity contribution in [3.63, 3.8) is 0 Å². The number of nitrogens with zero attached hydrogens (tertiary/aromatic N) is 3. The first-order valence-electron chi connectivity index (χ1n) is 9.66. The van der Waals surface area contributed by atoms with Crippen LogP contribution in [0.15, 0.2) is 70.6 Å². The van der Waals surface area contributed by atoms with E-state index in [0.29, 0.717) is 21.1 Å². The van der Waals surface area contributed by atoms with E-state index in [2.05, 4.69) is 9.98 Å². The molecule has 5 rings (SSSR count). The third-order valence-corrected chi connectivity index (χ3v) is 6.51. The lowest BCUT2D eigenvalue weighted by atomic mass is 10.1. The Hall–Kier alpha value is -3.26. The second-order valence-corrected chi connectivity index (χ2v) is 8.92.